The summed E-state index contributed by atoms with van der Waals surface area (Å²) in [6.45, 7) is 4.24. The first kappa shape index (κ1) is 19.5. The molecule has 5 heteroatoms. The highest BCUT2D eigenvalue weighted by Crippen LogP contribution is 2.43. The molecular formula is C26H23N3OS. The normalized spacial score (nSPS) is 18.3. The van der Waals surface area contributed by atoms with Gasteiger partial charge in [0, 0.05) is 17.4 Å². The molecule has 4 nitrogen and oxygen atoms in total. The number of nitrogens with one attached hydrogen (secondary N) is 1. The smallest absolute Gasteiger partial charge is 0.174 e. The van der Waals surface area contributed by atoms with Gasteiger partial charge < -0.3 is 14.6 Å². The average molecular weight is 426 g/mol. The van der Waals surface area contributed by atoms with E-state index in [4.69, 9.17) is 16.6 Å². The number of thiocarbonyl (C=S) groups is 1. The molecule has 0 saturated carbocycles. The van der Waals surface area contributed by atoms with Crippen LogP contribution in [0.2, 0.25) is 0 Å². The molecule has 154 valence electrons. The summed E-state index contributed by atoms with van der Waals surface area (Å²) in [5.74, 6) is 1.69. The maximum absolute atomic E-state index is 6.39. The highest BCUT2D eigenvalue weighted by molar-refractivity contribution is 7.80. The van der Waals surface area contributed by atoms with Gasteiger partial charge in [-0.25, -0.2) is 0 Å². The third-order valence-electron chi connectivity index (χ3n) is 5.84. The fraction of sp³-hybridized carbons (Fsp3) is 0.154. The monoisotopic (exact) mass is 425 g/mol. The van der Waals surface area contributed by atoms with Gasteiger partial charge in [-0.1, -0.05) is 42.5 Å². The van der Waals surface area contributed by atoms with Gasteiger partial charge in [0.25, 0.3) is 0 Å². The minimum absolute atomic E-state index is 0.120. The van der Waals surface area contributed by atoms with Gasteiger partial charge in [0.2, 0.25) is 0 Å². The Morgan fingerprint density at radius 2 is 1.71 bits per heavy atom. The lowest BCUT2D eigenvalue weighted by Crippen LogP contribution is -2.29. The molecule has 2 atom stereocenters. The number of rotatable bonds is 4. The Morgan fingerprint density at radius 1 is 0.903 bits per heavy atom. The van der Waals surface area contributed by atoms with Crippen LogP contribution in [0.3, 0.4) is 0 Å². The molecule has 2 aromatic heterocycles. The average Bonchev–Trinajstić information content (AvgIpc) is 3.41. The van der Waals surface area contributed by atoms with Crippen LogP contribution in [0.1, 0.15) is 34.7 Å². The highest BCUT2D eigenvalue weighted by atomic mass is 32.1. The van der Waals surface area contributed by atoms with E-state index >= 15 is 0 Å². The largest absolute Gasteiger partial charge is 0.459 e. The lowest BCUT2D eigenvalue weighted by molar-refractivity contribution is 0.439. The van der Waals surface area contributed by atoms with Gasteiger partial charge in [0.1, 0.15) is 17.6 Å². The van der Waals surface area contributed by atoms with E-state index in [1.807, 2.05) is 54.7 Å². The van der Waals surface area contributed by atoms with E-state index in [9.17, 15) is 0 Å². The van der Waals surface area contributed by atoms with Crippen LogP contribution in [0.4, 0.5) is 5.69 Å². The molecule has 0 unspecified atom stereocenters. The number of benzene rings is 2. The number of aromatic nitrogens is 1. The molecule has 1 aliphatic rings. The van der Waals surface area contributed by atoms with Crippen molar-refractivity contribution < 1.29 is 4.42 Å². The summed E-state index contributed by atoms with van der Waals surface area (Å²) in [4.78, 5) is 6.75. The minimum Gasteiger partial charge on any atom is -0.459 e. The van der Waals surface area contributed by atoms with Crippen molar-refractivity contribution in [2.75, 3.05) is 4.90 Å². The number of furan rings is 1. The summed E-state index contributed by atoms with van der Waals surface area (Å²) < 4.78 is 6.39. The van der Waals surface area contributed by atoms with Gasteiger partial charge in [0.05, 0.1) is 11.7 Å². The van der Waals surface area contributed by atoms with Crippen molar-refractivity contribution in [3.8, 4) is 11.3 Å². The molecule has 1 fully saturated rings. The van der Waals surface area contributed by atoms with Crippen LogP contribution < -0.4 is 10.2 Å². The molecule has 0 bridgehead atoms. The van der Waals surface area contributed by atoms with Crippen LogP contribution >= 0.6 is 12.2 Å². The summed E-state index contributed by atoms with van der Waals surface area (Å²) in [6.07, 6.45) is 1.81. The summed E-state index contributed by atoms with van der Waals surface area (Å²) >= 11 is 5.80. The van der Waals surface area contributed by atoms with Crippen molar-refractivity contribution in [1.82, 2.24) is 10.3 Å². The van der Waals surface area contributed by atoms with Crippen molar-refractivity contribution in [2.45, 2.75) is 25.9 Å². The van der Waals surface area contributed by atoms with Crippen LogP contribution in [-0.4, -0.2) is 10.1 Å². The molecular weight excluding hydrogens is 402 g/mol. The maximum atomic E-state index is 6.39. The molecule has 4 aromatic rings. The standard InChI is InChI=1S/C26H23N3OS/c1-17-11-12-20(16-18(17)2)29-25(24(28-26(29)31)21-10-6-7-15-27-21)23-14-13-22(30-23)19-8-4-3-5-9-19/h3-16,24-25H,1-2H3,(H,28,31)/t24-,25+/m1/s1. The van der Waals surface area contributed by atoms with E-state index in [1.165, 1.54) is 11.1 Å². The second-order valence-electron chi connectivity index (χ2n) is 7.83. The third kappa shape index (κ3) is 3.62. The van der Waals surface area contributed by atoms with E-state index in [0.29, 0.717) is 5.11 Å². The summed E-state index contributed by atoms with van der Waals surface area (Å²) in [7, 11) is 0. The second kappa shape index (κ2) is 8.00. The summed E-state index contributed by atoms with van der Waals surface area (Å²) in [6, 6.07) is 26.3. The van der Waals surface area contributed by atoms with Crippen molar-refractivity contribution in [3.63, 3.8) is 0 Å². The molecule has 1 aliphatic heterocycles. The van der Waals surface area contributed by atoms with Crippen LogP contribution in [0.5, 0.6) is 0 Å². The second-order valence-corrected chi connectivity index (χ2v) is 8.22. The summed E-state index contributed by atoms with van der Waals surface area (Å²) in [5.41, 5.74) is 5.50. The molecule has 0 spiro atoms. The first-order chi connectivity index (χ1) is 15.1. The van der Waals surface area contributed by atoms with Crippen LogP contribution in [0, 0.1) is 13.8 Å². The molecule has 0 aliphatic carbocycles. The van der Waals surface area contributed by atoms with E-state index in [2.05, 4.69) is 59.4 Å². The Kier molecular flexibility index (Phi) is 5.04. The zero-order valence-electron chi connectivity index (χ0n) is 17.4. The van der Waals surface area contributed by atoms with Gasteiger partial charge in [-0.3, -0.25) is 4.98 Å². The summed E-state index contributed by atoms with van der Waals surface area (Å²) in [5, 5.41) is 4.15. The predicted molar refractivity (Wildman–Crippen MR) is 128 cm³/mol. The highest BCUT2D eigenvalue weighted by Gasteiger charge is 2.42. The number of hydrogen-bond donors (Lipinski definition) is 1. The number of nitrogens with zero attached hydrogens (tertiary/aromatic N) is 2. The Labute approximate surface area is 187 Å². The number of aryl methyl sites for hydroxylation is 2. The van der Waals surface area contributed by atoms with Crippen LogP contribution in [0.25, 0.3) is 11.3 Å². The van der Waals surface area contributed by atoms with Crippen molar-refractivity contribution in [1.29, 1.82) is 0 Å². The van der Waals surface area contributed by atoms with Crippen LogP contribution in [0.15, 0.2) is 89.5 Å². The van der Waals surface area contributed by atoms with Gasteiger partial charge in [0.15, 0.2) is 5.11 Å². The molecule has 1 N–H and O–H groups in total. The lowest BCUT2D eigenvalue weighted by Gasteiger charge is -2.26. The molecule has 2 aromatic carbocycles. The van der Waals surface area contributed by atoms with Gasteiger partial charge in [-0.15, -0.1) is 0 Å². The quantitative estimate of drug-likeness (QED) is 0.398. The van der Waals surface area contributed by atoms with E-state index in [-0.39, 0.29) is 12.1 Å². The van der Waals surface area contributed by atoms with E-state index in [0.717, 1.165) is 28.5 Å². The molecule has 1 saturated heterocycles. The van der Waals surface area contributed by atoms with E-state index in [1.54, 1.807) is 0 Å². The van der Waals surface area contributed by atoms with E-state index < -0.39 is 0 Å². The lowest BCUT2D eigenvalue weighted by atomic mass is 10.0. The minimum atomic E-state index is -0.151. The Bertz CT molecular complexity index is 1220. The van der Waals surface area contributed by atoms with Crippen molar-refractivity contribution in [3.05, 3.63) is 108 Å². The van der Waals surface area contributed by atoms with Crippen molar-refractivity contribution >= 4 is 23.0 Å². The third-order valence-corrected chi connectivity index (χ3v) is 6.16. The SMILES string of the molecule is Cc1ccc(N2C(=S)N[C@H](c3ccccn3)[C@@H]2c2ccc(-c3ccccc3)o2)cc1C. The molecule has 0 radical (unpaired) electrons. The van der Waals surface area contributed by atoms with Crippen molar-refractivity contribution in [2.24, 2.45) is 0 Å². The van der Waals surface area contributed by atoms with Gasteiger partial charge >= 0.3 is 0 Å². The number of pyridine rings is 1. The Balaban J connectivity index is 1.61. The molecule has 0 amide bonds. The molecule has 3 heterocycles. The fourth-order valence-electron chi connectivity index (χ4n) is 4.07. The van der Waals surface area contributed by atoms with Crippen LogP contribution in [-0.2, 0) is 0 Å². The first-order valence-corrected chi connectivity index (χ1v) is 10.8. The number of anilines is 1. The Morgan fingerprint density at radius 3 is 2.45 bits per heavy atom. The molecule has 31 heavy (non-hydrogen) atoms. The predicted octanol–water partition coefficient (Wildman–Crippen LogP) is 6.14. The molecule has 5 rings (SSSR count). The zero-order valence-corrected chi connectivity index (χ0v) is 18.3. The zero-order chi connectivity index (χ0) is 21.4. The fourth-order valence-corrected chi connectivity index (χ4v) is 4.41. The Hall–Kier alpha value is -3.44. The topological polar surface area (TPSA) is 41.3 Å². The van der Waals surface area contributed by atoms with Gasteiger partial charge in [-0.2, -0.15) is 0 Å². The maximum Gasteiger partial charge on any atom is 0.174 e. The first-order valence-electron chi connectivity index (χ1n) is 10.3. The van der Waals surface area contributed by atoms with Gasteiger partial charge in [-0.05, 0) is 73.6 Å². The number of hydrogen-bond acceptors (Lipinski definition) is 3.